The first-order chi connectivity index (χ1) is 13.5. The molecule has 2 amide bonds. The fourth-order valence-electron chi connectivity index (χ4n) is 5.00. The van der Waals surface area contributed by atoms with E-state index in [4.69, 9.17) is 4.42 Å². The van der Waals surface area contributed by atoms with Gasteiger partial charge >= 0.3 is 0 Å². The summed E-state index contributed by atoms with van der Waals surface area (Å²) < 4.78 is 5.57. The van der Waals surface area contributed by atoms with Crippen molar-refractivity contribution in [2.24, 2.45) is 0 Å². The predicted octanol–water partition coefficient (Wildman–Crippen LogP) is 4.25. The van der Waals surface area contributed by atoms with Gasteiger partial charge in [0, 0.05) is 11.6 Å². The molecular formula is C23H28N2O3. The average Bonchev–Trinajstić information content (AvgIpc) is 3.19. The fourth-order valence-corrected chi connectivity index (χ4v) is 5.00. The molecule has 2 aromatic rings. The van der Waals surface area contributed by atoms with Gasteiger partial charge < -0.3 is 14.6 Å². The lowest BCUT2D eigenvalue weighted by Gasteiger charge is -2.53. The molecule has 1 spiro atoms. The lowest BCUT2D eigenvalue weighted by atomic mass is 9.65. The van der Waals surface area contributed by atoms with Crippen LogP contribution in [0.5, 0.6) is 0 Å². The zero-order chi connectivity index (χ0) is 19.7. The third kappa shape index (κ3) is 3.13. The van der Waals surface area contributed by atoms with Gasteiger partial charge in [-0.1, -0.05) is 37.5 Å². The van der Waals surface area contributed by atoms with Crippen LogP contribution in [0.25, 0.3) is 0 Å². The first kappa shape index (κ1) is 18.8. The third-order valence-corrected chi connectivity index (χ3v) is 6.13. The Labute approximate surface area is 166 Å². The molecule has 5 heteroatoms. The number of rotatable bonds is 4. The second kappa shape index (κ2) is 7.46. The van der Waals surface area contributed by atoms with Crippen molar-refractivity contribution in [3.8, 4) is 0 Å². The fraction of sp³-hybridized carbons (Fsp3) is 0.478. The second-order valence-electron chi connectivity index (χ2n) is 8.32. The summed E-state index contributed by atoms with van der Waals surface area (Å²) >= 11 is 0. The van der Waals surface area contributed by atoms with Crippen molar-refractivity contribution >= 4 is 11.8 Å². The molecule has 1 aliphatic heterocycles. The van der Waals surface area contributed by atoms with Gasteiger partial charge in [-0.25, -0.2) is 0 Å². The van der Waals surface area contributed by atoms with Gasteiger partial charge in [-0.2, -0.15) is 0 Å². The average molecular weight is 380 g/mol. The van der Waals surface area contributed by atoms with Crippen molar-refractivity contribution in [2.45, 2.75) is 70.0 Å². The Hall–Kier alpha value is -2.56. The van der Waals surface area contributed by atoms with Crippen LogP contribution in [-0.2, 0) is 11.3 Å². The molecule has 2 aliphatic rings. The zero-order valence-electron chi connectivity index (χ0n) is 16.6. The molecule has 2 heterocycles. The van der Waals surface area contributed by atoms with Gasteiger partial charge in [0.2, 0.25) is 5.91 Å². The quantitative estimate of drug-likeness (QED) is 0.863. The van der Waals surface area contributed by atoms with Crippen LogP contribution in [0.4, 0.5) is 0 Å². The molecule has 1 aromatic carbocycles. The van der Waals surface area contributed by atoms with Gasteiger partial charge in [0.15, 0.2) is 0 Å². The summed E-state index contributed by atoms with van der Waals surface area (Å²) in [5.41, 5.74) is 0.993. The molecule has 0 bridgehead atoms. The summed E-state index contributed by atoms with van der Waals surface area (Å²) in [6, 6.07) is 11.4. The number of furan rings is 1. The van der Waals surface area contributed by atoms with Gasteiger partial charge in [-0.05, 0) is 50.5 Å². The lowest BCUT2D eigenvalue weighted by molar-refractivity contribution is -0.128. The molecule has 4 rings (SSSR count). The Bertz CT molecular complexity index is 850. The van der Waals surface area contributed by atoms with Crippen LogP contribution in [0.1, 0.15) is 73.6 Å². The number of nitrogens with zero attached hydrogens (tertiary/aromatic N) is 1. The maximum absolute atomic E-state index is 13.6. The number of carbonyl (C=O) groups is 2. The highest BCUT2D eigenvalue weighted by Gasteiger charge is 2.54. The number of amides is 2. The van der Waals surface area contributed by atoms with E-state index in [1.54, 1.807) is 6.26 Å². The standard InChI is InChI=1S/C23H28N2O3/c1-16(2)24-21(26)20-18-10-4-5-11-19(18)22(27)25(15-17-9-8-14-28-17)23(20)12-6-3-7-13-23/h4-5,8-11,14,16,20H,3,6-7,12-13,15H2,1-2H3,(H,24,26)/t20-/m1/s1. The van der Waals surface area contributed by atoms with Gasteiger partial charge in [0.1, 0.15) is 5.76 Å². The van der Waals surface area contributed by atoms with Crippen molar-refractivity contribution in [3.63, 3.8) is 0 Å². The van der Waals surface area contributed by atoms with Crippen molar-refractivity contribution in [2.75, 3.05) is 0 Å². The molecule has 1 aliphatic carbocycles. The van der Waals surface area contributed by atoms with E-state index in [-0.39, 0.29) is 23.8 Å². The third-order valence-electron chi connectivity index (χ3n) is 6.13. The monoisotopic (exact) mass is 380 g/mol. The molecule has 5 nitrogen and oxygen atoms in total. The number of nitrogens with one attached hydrogen (secondary N) is 1. The summed E-state index contributed by atoms with van der Waals surface area (Å²) in [7, 11) is 0. The van der Waals surface area contributed by atoms with E-state index in [2.05, 4.69) is 5.32 Å². The van der Waals surface area contributed by atoms with E-state index in [1.807, 2.05) is 55.1 Å². The molecule has 28 heavy (non-hydrogen) atoms. The summed E-state index contributed by atoms with van der Waals surface area (Å²) in [4.78, 5) is 28.9. The highest BCUT2D eigenvalue weighted by atomic mass is 16.3. The van der Waals surface area contributed by atoms with Gasteiger partial charge in [0.05, 0.1) is 24.3 Å². The molecular weight excluding hydrogens is 352 g/mol. The van der Waals surface area contributed by atoms with Crippen LogP contribution in [0.3, 0.4) is 0 Å². The number of hydrogen-bond acceptors (Lipinski definition) is 3. The predicted molar refractivity (Wildman–Crippen MR) is 107 cm³/mol. The smallest absolute Gasteiger partial charge is 0.255 e. The molecule has 148 valence electrons. The molecule has 1 N–H and O–H groups in total. The van der Waals surface area contributed by atoms with Gasteiger partial charge in [-0.3, -0.25) is 9.59 Å². The maximum atomic E-state index is 13.6. The molecule has 1 saturated carbocycles. The number of fused-ring (bicyclic) bond motifs is 1. The van der Waals surface area contributed by atoms with Crippen LogP contribution >= 0.6 is 0 Å². The van der Waals surface area contributed by atoms with Crippen molar-refractivity contribution < 1.29 is 14.0 Å². The van der Waals surface area contributed by atoms with Crippen molar-refractivity contribution in [1.82, 2.24) is 10.2 Å². The number of carbonyl (C=O) groups excluding carboxylic acids is 2. The zero-order valence-corrected chi connectivity index (χ0v) is 16.6. The molecule has 1 fully saturated rings. The molecule has 0 radical (unpaired) electrons. The first-order valence-corrected chi connectivity index (χ1v) is 10.3. The van der Waals surface area contributed by atoms with E-state index in [9.17, 15) is 9.59 Å². The summed E-state index contributed by atoms with van der Waals surface area (Å²) in [6.45, 7) is 4.35. The Morgan fingerprint density at radius 2 is 1.93 bits per heavy atom. The van der Waals surface area contributed by atoms with E-state index in [0.717, 1.165) is 43.4 Å². The normalized spacial score (nSPS) is 21.0. The Morgan fingerprint density at radius 1 is 1.18 bits per heavy atom. The summed E-state index contributed by atoms with van der Waals surface area (Å²) in [5, 5.41) is 3.12. The second-order valence-corrected chi connectivity index (χ2v) is 8.32. The Kier molecular flexibility index (Phi) is 5.00. The largest absolute Gasteiger partial charge is 0.467 e. The topological polar surface area (TPSA) is 62.6 Å². The highest BCUT2D eigenvalue weighted by Crippen LogP contribution is 2.49. The van der Waals surface area contributed by atoms with Crippen LogP contribution in [-0.4, -0.2) is 28.3 Å². The lowest BCUT2D eigenvalue weighted by Crippen LogP contribution is -2.62. The Morgan fingerprint density at radius 3 is 2.61 bits per heavy atom. The summed E-state index contributed by atoms with van der Waals surface area (Å²) in [5.74, 6) is 0.406. The van der Waals surface area contributed by atoms with E-state index in [0.29, 0.717) is 12.1 Å². The summed E-state index contributed by atoms with van der Waals surface area (Å²) in [6.07, 6.45) is 6.50. The number of hydrogen-bond donors (Lipinski definition) is 1. The van der Waals surface area contributed by atoms with E-state index in [1.165, 1.54) is 0 Å². The number of benzene rings is 1. The molecule has 0 unspecified atom stereocenters. The van der Waals surface area contributed by atoms with Crippen LogP contribution < -0.4 is 5.32 Å². The van der Waals surface area contributed by atoms with E-state index >= 15 is 0 Å². The van der Waals surface area contributed by atoms with Gasteiger partial charge in [0.25, 0.3) is 5.91 Å². The first-order valence-electron chi connectivity index (χ1n) is 10.3. The van der Waals surface area contributed by atoms with Crippen LogP contribution in [0, 0.1) is 0 Å². The van der Waals surface area contributed by atoms with E-state index < -0.39 is 5.54 Å². The minimum Gasteiger partial charge on any atom is -0.467 e. The minimum absolute atomic E-state index is 0.00231. The van der Waals surface area contributed by atoms with Crippen LogP contribution in [0.2, 0.25) is 0 Å². The SMILES string of the molecule is CC(C)NC(=O)[C@H]1c2ccccc2C(=O)N(Cc2ccco2)C12CCCCC2. The molecule has 1 aromatic heterocycles. The van der Waals surface area contributed by atoms with Gasteiger partial charge in [-0.15, -0.1) is 0 Å². The minimum atomic E-state index is -0.505. The van der Waals surface area contributed by atoms with Crippen molar-refractivity contribution in [1.29, 1.82) is 0 Å². The van der Waals surface area contributed by atoms with Crippen LogP contribution in [0.15, 0.2) is 47.1 Å². The highest BCUT2D eigenvalue weighted by molar-refractivity contribution is 6.02. The Balaban J connectivity index is 1.86. The van der Waals surface area contributed by atoms with Crippen molar-refractivity contribution in [3.05, 3.63) is 59.5 Å². The molecule has 0 saturated heterocycles. The maximum Gasteiger partial charge on any atom is 0.255 e. The molecule has 1 atom stereocenters.